The van der Waals surface area contributed by atoms with Gasteiger partial charge >= 0.3 is 5.97 Å². The summed E-state index contributed by atoms with van der Waals surface area (Å²) in [5.74, 6) is -0.354. The molecule has 0 fully saturated rings. The Hall–Kier alpha value is -3.33. The molecule has 0 amide bonds. The summed E-state index contributed by atoms with van der Waals surface area (Å²) < 4.78 is 4.70. The van der Waals surface area contributed by atoms with Crippen molar-refractivity contribution in [2.24, 2.45) is 0 Å². The van der Waals surface area contributed by atoms with Crippen LogP contribution >= 0.6 is 0 Å². The third-order valence-corrected chi connectivity index (χ3v) is 4.62. The Bertz CT molecular complexity index is 892. The Kier molecular flexibility index (Phi) is 6.64. The number of anilines is 1. The van der Waals surface area contributed by atoms with Gasteiger partial charge in [-0.15, -0.1) is 0 Å². The van der Waals surface area contributed by atoms with Crippen molar-refractivity contribution in [3.63, 3.8) is 0 Å². The summed E-state index contributed by atoms with van der Waals surface area (Å²) >= 11 is 0. The zero-order valence-corrected chi connectivity index (χ0v) is 16.3. The van der Waals surface area contributed by atoms with Crippen LogP contribution in [-0.4, -0.2) is 13.1 Å². The number of rotatable bonds is 7. The molecule has 0 radical (unpaired) electrons. The van der Waals surface area contributed by atoms with Crippen LogP contribution in [0, 0.1) is 6.92 Å². The number of nitrogens with zero attached hydrogens (tertiary/aromatic N) is 1. The second-order valence-electron chi connectivity index (χ2n) is 6.73. The number of esters is 1. The van der Waals surface area contributed by atoms with Crippen molar-refractivity contribution in [1.29, 1.82) is 0 Å². The standard InChI is InChI=1S/C25H25NO2/c1-20-13-14-21(15-16-25(27)28-2)17-24(20)26(18-22-9-5-3-6-10-22)19-23-11-7-4-8-12-23/h3-17H,18-19H2,1-2H3. The van der Waals surface area contributed by atoms with Crippen LogP contribution in [0.1, 0.15) is 22.3 Å². The van der Waals surface area contributed by atoms with Gasteiger partial charge in [-0.1, -0.05) is 72.8 Å². The Balaban J connectivity index is 1.94. The number of ether oxygens (including phenoxy) is 1. The van der Waals surface area contributed by atoms with E-state index in [9.17, 15) is 4.79 Å². The second kappa shape index (κ2) is 9.56. The average Bonchev–Trinajstić information content (AvgIpc) is 2.74. The van der Waals surface area contributed by atoms with E-state index in [1.54, 1.807) is 6.08 Å². The van der Waals surface area contributed by atoms with Crippen molar-refractivity contribution in [3.8, 4) is 0 Å². The fraction of sp³-hybridized carbons (Fsp3) is 0.160. The molecule has 0 aliphatic rings. The van der Waals surface area contributed by atoms with Crippen molar-refractivity contribution in [2.75, 3.05) is 12.0 Å². The predicted molar refractivity (Wildman–Crippen MR) is 115 cm³/mol. The highest BCUT2D eigenvalue weighted by Crippen LogP contribution is 2.26. The number of methoxy groups -OCH3 is 1. The Labute approximate surface area is 166 Å². The minimum atomic E-state index is -0.354. The van der Waals surface area contributed by atoms with E-state index in [4.69, 9.17) is 4.74 Å². The molecule has 0 saturated carbocycles. The van der Waals surface area contributed by atoms with E-state index in [0.29, 0.717) is 0 Å². The molecule has 3 heteroatoms. The highest BCUT2D eigenvalue weighted by Gasteiger charge is 2.12. The first kappa shape index (κ1) is 19.4. The molecule has 0 unspecified atom stereocenters. The Morgan fingerprint density at radius 1 is 0.893 bits per heavy atom. The zero-order chi connectivity index (χ0) is 19.8. The summed E-state index contributed by atoms with van der Waals surface area (Å²) in [7, 11) is 1.38. The summed E-state index contributed by atoms with van der Waals surface area (Å²) in [5, 5.41) is 0. The minimum absolute atomic E-state index is 0.354. The van der Waals surface area contributed by atoms with Crippen molar-refractivity contribution in [3.05, 3.63) is 107 Å². The quantitative estimate of drug-likeness (QED) is 0.412. The maximum absolute atomic E-state index is 11.4. The van der Waals surface area contributed by atoms with E-state index in [0.717, 1.165) is 24.3 Å². The summed E-state index contributed by atoms with van der Waals surface area (Å²) in [6.07, 6.45) is 3.24. The van der Waals surface area contributed by atoms with Crippen LogP contribution in [0.15, 0.2) is 84.9 Å². The molecule has 0 aromatic heterocycles. The number of aryl methyl sites for hydroxylation is 1. The van der Waals surface area contributed by atoms with E-state index < -0.39 is 0 Å². The monoisotopic (exact) mass is 371 g/mol. The van der Waals surface area contributed by atoms with Crippen molar-refractivity contribution >= 4 is 17.7 Å². The molecule has 3 rings (SSSR count). The van der Waals surface area contributed by atoms with E-state index in [2.05, 4.69) is 72.5 Å². The Morgan fingerprint density at radius 2 is 1.46 bits per heavy atom. The number of hydrogen-bond acceptors (Lipinski definition) is 3. The molecule has 0 saturated heterocycles. The lowest BCUT2D eigenvalue weighted by Gasteiger charge is -2.27. The minimum Gasteiger partial charge on any atom is -0.466 e. The smallest absolute Gasteiger partial charge is 0.330 e. The number of carbonyl (C=O) groups excluding carboxylic acids is 1. The molecule has 0 spiro atoms. The van der Waals surface area contributed by atoms with Gasteiger partial charge < -0.3 is 9.64 Å². The normalized spacial score (nSPS) is 10.8. The van der Waals surface area contributed by atoms with E-state index in [1.165, 1.54) is 29.9 Å². The van der Waals surface area contributed by atoms with Crippen molar-refractivity contribution < 1.29 is 9.53 Å². The maximum atomic E-state index is 11.4. The lowest BCUT2D eigenvalue weighted by molar-refractivity contribution is -0.134. The van der Waals surface area contributed by atoms with Crippen LogP contribution in [-0.2, 0) is 22.6 Å². The number of hydrogen-bond donors (Lipinski definition) is 0. The fourth-order valence-electron chi connectivity index (χ4n) is 3.14. The first-order chi connectivity index (χ1) is 13.7. The van der Waals surface area contributed by atoms with Crippen LogP contribution in [0.3, 0.4) is 0 Å². The molecule has 3 aromatic rings. The summed E-state index contributed by atoms with van der Waals surface area (Å²) in [6.45, 7) is 3.73. The highest BCUT2D eigenvalue weighted by molar-refractivity contribution is 5.87. The van der Waals surface area contributed by atoms with Gasteiger partial charge in [0.1, 0.15) is 0 Å². The van der Waals surface area contributed by atoms with Crippen LogP contribution in [0.5, 0.6) is 0 Å². The summed E-state index contributed by atoms with van der Waals surface area (Å²) in [6, 6.07) is 27.2. The Morgan fingerprint density at radius 3 is 2.00 bits per heavy atom. The fourth-order valence-corrected chi connectivity index (χ4v) is 3.14. The van der Waals surface area contributed by atoms with E-state index in [-0.39, 0.29) is 5.97 Å². The van der Waals surface area contributed by atoms with Gasteiger partial charge in [-0.05, 0) is 41.3 Å². The molecule has 3 nitrogen and oxygen atoms in total. The van der Waals surface area contributed by atoms with Crippen LogP contribution in [0.4, 0.5) is 5.69 Å². The van der Waals surface area contributed by atoms with Gasteiger partial charge in [0.15, 0.2) is 0 Å². The van der Waals surface area contributed by atoms with Gasteiger partial charge in [-0.2, -0.15) is 0 Å². The molecule has 0 N–H and O–H groups in total. The van der Waals surface area contributed by atoms with Gasteiger partial charge in [-0.25, -0.2) is 4.79 Å². The largest absolute Gasteiger partial charge is 0.466 e. The third-order valence-electron chi connectivity index (χ3n) is 4.62. The molecule has 0 atom stereocenters. The van der Waals surface area contributed by atoms with Gasteiger partial charge in [0, 0.05) is 24.9 Å². The van der Waals surface area contributed by atoms with Crippen molar-refractivity contribution in [2.45, 2.75) is 20.0 Å². The molecule has 3 aromatic carbocycles. The van der Waals surface area contributed by atoms with E-state index in [1.807, 2.05) is 18.2 Å². The van der Waals surface area contributed by atoms with Gasteiger partial charge in [-0.3, -0.25) is 0 Å². The molecular formula is C25H25NO2. The molecule has 28 heavy (non-hydrogen) atoms. The van der Waals surface area contributed by atoms with Crippen molar-refractivity contribution in [1.82, 2.24) is 0 Å². The summed E-state index contributed by atoms with van der Waals surface area (Å²) in [4.78, 5) is 13.8. The lowest BCUT2D eigenvalue weighted by Crippen LogP contribution is -2.23. The summed E-state index contributed by atoms with van der Waals surface area (Å²) in [5.41, 5.74) is 5.83. The predicted octanol–water partition coefficient (Wildman–Crippen LogP) is 5.39. The molecular weight excluding hydrogens is 346 g/mol. The number of benzene rings is 3. The zero-order valence-electron chi connectivity index (χ0n) is 16.3. The number of carbonyl (C=O) groups is 1. The van der Waals surface area contributed by atoms with Gasteiger partial charge in [0.05, 0.1) is 7.11 Å². The topological polar surface area (TPSA) is 29.5 Å². The molecule has 0 aliphatic carbocycles. The second-order valence-corrected chi connectivity index (χ2v) is 6.73. The van der Waals surface area contributed by atoms with Gasteiger partial charge in [0.2, 0.25) is 0 Å². The van der Waals surface area contributed by atoms with Gasteiger partial charge in [0.25, 0.3) is 0 Å². The molecule has 0 aliphatic heterocycles. The third kappa shape index (κ3) is 5.34. The SMILES string of the molecule is COC(=O)C=Cc1ccc(C)c(N(Cc2ccccc2)Cc2ccccc2)c1. The maximum Gasteiger partial charge on any atom is 0.330 e. The van der Waals surface area contributed by atoms with E-state index >= 15 is 0 Å². The molecule has 142 valence electrons. The van der Waals surface area contributed by atoms with Crippen LogP contribution in [0.2, 0.25) is 0 Å². The molecule has 0 heterocycles. The first-order valence-electron chi connectivity index (χ1n) is 9.35. The lowest BCUT2D eigenvalue weighted by atomic mass is 10.1. The molecule has 0 bridgehead atoms. The van der Waals surface area contributed by atoms with Crippen LogP contribution in [0.25, 0.3) is 6.08 Å². The average molecular weight is 371 g/mol. The van der Waals surface area contributed by atoms with Crippen LogP contribution < -0.4 is 4.90 Å². The first-order valence-corrected chi connectivity index (χ1v) is 9.35. The highest BCUT2D eigenvalue weighted by atomic mass is 16.5.